The van der Waals surface area contributed by atoms with E-state index < -0.39 is 0 Å². The molecule has 0 amide bonds. The molecule has 0 rings (SSSR count). The summed E-state index contributed by atoms with van der Waals surface area (Å²) in [5.41, 5.74) is 0. The number of ether oxygens (including phenoxy) is 1. The Morgan fingerprint density at radius 1 is 1.67 bits per heavy atom. The predicted octanol–water partition coefficient (Wildman–Crippen LogP) is 1.88. The van der Waals surface area contributed by atoms with Crippen molar-refractivity contribution in [2.75, 3.05) is 6.61 Å². The molecule has 3 heteroatoms. The first-order valence-corrected chi connectivity index (χ1v) is 4.26. The molecule has 0 aromatic carbocycles. The standard InChI is InChI=1S/C9H15NO2/c1-3-4-5-12-9(11)6-8(2)7-10/h8H,3-6H2,1-2H3. The molecule has 1 atom stereocenters. The van der Waals surface area contributed by atoms with Crippen LogP contribution in [0.5, 0.6) is 0 Å². The van der Waals surface area contributed by atoms with E-state index in [4.69, 9.17) is 10.00 Å². The molecule has 68 valence electrons. The lowest BCUT2D eigenvalue weighted by Gasteiger charge is -2.03. The van der Waals surface area contributed by atoms with Crippen LogP contribution < -0.4 is 0 Å². The summed E-state index contributed by atoms with van der Waals surface area (Å²) >= 11 is 0. The highest BCUT2D eigenvalue weighted by Gasteiger charge is 2.08. The number of carbonyl (C=O) groups excluding carboxylic acids is 1. The molecule has 0 aromatic rings. The van der Waals surface area contributed by atoms with Crippen molar-refractivity contribution < 1.29 is 9.53 Å². The lowest BCUT2D eigenvalue weighted by atomic mass is 10.1. The van der Waals surface area contributed by atoms with E-state index in [0.29, 0.717) is 6.61 Å². The van der Waals surface area contributed by atoms with Gasteiger partial charge in [0.2, 0.25) is 0 Å². The van der Waals surface area contributed by atoms with Gasteiger partial charge >= 0.3 is 5.97 Å². The largest absolute Gasteiger partial charge is 0.466 e. The summed E-state index contributed by atoms with van der Waals surface area (Å²) in [6.45, 7) is 4.22. The monoisotopic (exact) mass is 169 g/mol. The topological polar surface area (TPSA) is 50.1 Å². The predicted molar refractivity (Wildman–Crippen MR) is 45.3 cm³/mol. The molecule has 0 saturated heterocycles. The van der Waals surface area contributed by atoms with Crippen LogP contribution in [0.4, 0.5) is 0 Å². The summed E-state index contributed by atoms with van der Waals surface area (Å²) in [7, 11) is 0. The number of hydrogen-bond acceptors (Lipinski definition) is 3. The number of nitriles is 1. The van der Waals surface area contributed by atoms with Crippen LogP contribution in [0, 0.1) is 17.2 Å². The molecule has 0 aliphatic heterocycles. The highest BCUT2D eigenvalue weighted by molar-refractivity contribution is 5.69. The van der Waals surface area contributed by atoms with Crippen LogP contribution in [0.1, 0.15) is 33.1 Å². The van der Waals surface area contributed by atoms with E-state index in [-0.39, 0.29) is 18.3 Å². The van der Waals surface area contributed by atoms with Crippen LogP contribution in [0.3, 0.4) is 0 Å². The Bertz CT molecular complexity index is 172. The lowest BCUT2D eigenvalue weighted by Crippen LogP contribution is -2.09. The Morgan fingerprint density at radius 2 is 2.33 bits per heavy atom. The van der Waals surface area contributed by atoms with Crippen LogP contribution in [0.25, 0.3) is 0 Å². The van der Waals surface area contributed by atoms with Gasteiger partial charge in [-0.25, -0.2) is 0 Å². The zero-order valence-electron chi connectivity index (χ0n) is 7.67. The van der Waals surface area contributed by atoms with E-state index in [1.807, 2.05) is 13.0 Å². The maximum absolute atomic E-state index is 10.9. The molecular formula is C9H15NO2. The summed E-state index contributed by atoms with van der Waals surface area (Å²) in [4.78, 5) is 10.9. The number of unbranched alkanes of at least 4 members (excludes halogenated alkanes) is 1. The molecule has 1 unspecified atom stereocenters. The second-order valence-corrected chi connectivity index (χ2v) is 2.81. The van der Waals surface area contributed by atoms with E-state index in [9.17, 15) is 4.79 Å². The number of esters is 1. The Morgan fingerprint density at radius 3 is 2.83 bits per heavy atom. The third-order valence-electron chi connectivity index (χ3n) is 1.45. The van der Waals surface area contributed by atoms with Crippen molar-refractivity contribution in [3.05, 3.63) is 0 Å². The minimum Gasteiger partial charge on any atom is -0.466 e. The van der Waals surface area contributed by atoms with Gasteiger partial charge in [0.05, 0.1) is 25.0 Å². The van der Waals surface area contributed by atoms with E-state index in [1.54, 1.807) is 6.92 Å². The van der Waals surface area contributed by atoms with Crippen molar-refractivity contribution in [3.63, 3.8) is 0 Å². The fraction of sp³-hybridized carbons (Fsp3) is 0.778. The second kappa shape index (κ2) is 6.66. The van der Waals surface area contributed by atoms with Gasteiger partial charge in [-0.05, 0) is 13.3 Å². The van der Waals surface area contributed by atoms with Crippen LogP contribution in [-0.4, -0.2) is 12.6 Å². The normalized spacial score (nSPS) is 11.8. The molecule has 0 aromatic heterocycles. The highest BCUT2D eigenvalue weighted by Crippen LogP contribution is 2.01. The van der Waals surface area contributed by atoms with E-state index in [2.05, 4.69) is 0 Å². The third-order valence-corrected chi connectivity index (χ3v) is 1.45. The van der Waals surface area contributed by atoms with Crippen LogP contribution in [0.2, 0.25) is 0 Å². The van der Waals surface area contributed by atoms with Gasteiger partial charge in [-0.3, -0.25) is 4.79 Å². The smallest absolute Gasteiger partial charge is 0.307 e. The van der Waals surface area contributed by atoms with Gasteiger partial charge in [-0.2, -0.15) is 5.26 Å². The summed E-state index contributed by atoms with van der Waals surface area (Å²) in [5, 5.41) is 8.40. The SMILES string of the molecule is CCCCOC(=O)CC(C)C#N. The molecule has 0 bridgehead atoms. The van der Waals surface area contributed by atoms with Gasteiger partial charge in [-0.15, -0.1) is 0 Å². The third kappa shape index (κ3) is 5.72. The van der Waals surface area contributed by atoms with Crippen molar-refractivity contribution in [1.82, 2.24) is 0 Å². The van der Waals surface area contributed by atoms with Crippen molar-refractivity contribution in [2.24, 2.45) is 5.92 Å². The van der Waals surface area contributed by atoms with E-state index in [1.165, 1.54) is 0 Å². The van der Waals surface area contributed by atoms with E-state index in [0.717, 1.165) is 12.8 Å². The quantitative estimate of drug-likeness (QED) is 0.466. The number of nitrogens with zero attached hydrogens (tertiary/aromatic N) is 1. The minimum absolute atomic E-state index is 0.209. The molecule has 0 radical (unpaired) electrons. The van der Waals surface area contributed by atoms with Gasteiger partial charge in [0.1, 0.15) is 0 Å². The lowest BCUT2D eigenvalue weighted by molar-refractivity contribution is -0.144. The molecule has 0 heterocycles. The average Bonchev–Trinajstić information content (AvgIpc) is 2.05. The first-order chi connectivity index (χ1) is 5.70. The number of carbonyl (C=O) groups is 1. The summed E-state index contributed by atoms with van der Waals surface area (Å²) < 4.78 is 4.86. The summed E-state index contributed by atoms with van der Waals surface area (Å²) in [6, 6.07) is 1.99. The Kier molecular flexibility index (Phi) is 6.08. The van der Waals surface area contributed by atoms with Crippen LogP contribution >= 0.6 is 0 Å². The molecule has 0 N–H and O–H groups in total. The zero-order chi connectivity index (χ0) is 9.40. The zero-order valence-corrected chi connectivity index (χ0v) is 7.67. The van der Waals surface area contributed by atoms with Gasteiger partial charge < -0.3 is 4.74 Å². The molecule has 12 heavy (non-hydrogen) atoms. The Balaban J connectivity index is 3.41. The maximum atomic E-state index is 10.9. The molecule has 0 aliphatic carbocycles. The summed E-state index contributed by atoms with van der Waals surface area (Å²) in [5.74, 6) is -0.503. The first-order valence-electron chi connectivity index (χ1n) is 4.26. The summed E-state index contributed by atoms with van der Waals surface area (Å²) in [6.07, 6.45) is 2.12. The van der Waals surface area contributed by atoms with Gasteiger partial charge in [0, 0.05) is 0 Å². The molecular weight excluding hydrogens is 154 g/mol. The van der Waals surface area contributed by atoms with Crippen LogP contribution in [0.15, 0.2) is 0 Å². The van der Waals surface area contributed by atoms with Gasteiger partial charge in [0.25, 0.3) is 0 Å². The number of rotatable bonds is 5. The van der Waals surface area contributed by atoms with Crippen molar-refractivity contribution in [1.29, 1.82) is 5.26 Å². The number of hydrogen-bond donors (Lipinski definition) is 0. The molecule has 0 fully saturated rings. The fourth-order valence-corrected chi connectivity index (χ4v) is 0.685. The molecule has 0 spiro atoms. The van der Waals surface area contributed by atoms with Gasteiger partial charge in [0.15, 0.2) is 0 Å². The second-order valence-electron chi connectivity index (χ2n) is 2.81. The highest BCUT2D eigenvalue weighted by atomic mass is 16.5. The molecule has 0 aliphatic rings. The van der Waals surface area contributed by atoms with Crippen molar-refractivity contribution in [3.8, 4) is 6.07 Å². The Hall–Kier alpha value is -1.04. The van der Waals surface area contributed by atoms with Gasteiger partial charge in [-0.1, -0.05) is 13.3 Å². The fourth-order valence-electron chi connectivity index (χ4n) is 0.685. The van der Waals surface area contributed by atoms with Crippen LogP contribution in [-0.2, 0) is 9.53 Å². The first kappa shape index (κ1) is 11.0. The van der Waals surface area contributed by atoms with Crippen molar-refractivity contribution in [2.45, 2.75) is 33.1 Å². The van der Waals surface area contributed by atoms with Crippen molar-refractivity contribution >= 4 is 5.97 Å². The maximum Gasteiger partial charge on any atom is 0.307 e. The van der Waals surface area contributed by atoms with E-state index >= 15 is 0 Å². The average molecular weight is 169 g/mol. The molecule has 3 nitrogen and oxygen atoms in total. The Labute approximate surface area is 73.3 Å². The molecule has 0 saturated carbocycles. The minimum atomic E-state index is -0.266.